The number of hydrogen-bond donors (Lipinski definition) is 2. The lowest BCUT2D eigenvalue weighted by atomic mass is 10.1. The Morgan fingerprint density at radius 3 is 2.73 bits per heavy atom. The Balaban J connectivity index is 1.80. The van der Waals surface area contributed by atoms with Crippen LogP contribution in [0, 0.1) is 0 Å². The minimum atomic E-state index is -0.411. The van der Waals surface area contributed by atoms with Crippen LogP contribution in [0.1, 0.15) is 25.5 Å². The van der Waals surface area contributed by atoms with Crippen LogP contribution in [0.15, 0.2) is 63.8 Å². The van der Waals surface area contributed by atoms with Gasteiger partial charge in [0.05, 0.1) is 6.04 Å². The average molecular weight is 352 g/mol. The van der Waals surface area contributed by atoms with Crippen molar-refractivity contribution in [2.75, 3.05) is 11.9 Å². The molecule has 0 bridgehead atoms. The first-order chi connectivity index (χ1) is 12.5. The van der Waals surface area contributed by atoms with Crippen molar-refractivity contribution in [3.8, 4) is 5.75 Å². The molecule has 0 saturated heterocycles. The van der Waals surface area contributed by atoms with Gasteiger partial charge in [-0.15, -0.1) is 0 Å². The lowest BCUT2D eigenvalue weighted by Crippen LogP contribution is -2.36. The van der Waals surface area contributed by atoms with Crippen LogP contribution in [0.4, 0.5) is 10.5 Å². The second kappa shape index (κ2) is 7.31. The topological polar surface area (TPSA) is 82.8 Å². The number of phenols is 1. The molecule has 0 aliphatic rings. The van der Waals surface area contributed by atoms with Crippen LogP contribution >= 0.6 is 0 Å². The van der Waals surface area contributed by atoms with Crippen LogP contribution in [0.2, 0.25) is 0 Å². The number of urea groups is 1. The van der Waals surface area contributed by atoms with E-state index < -0.39 is 5.63 Å². The van der Waals surface area contributed by atoms with E-state index in [1.165, 1.54) is 6.07 Å². The number of anilines is 1. The van der Waals surface area contributed by atoms with Gasteiger partial charge in [0.25, 0.3) is 0 Å². The molecule has 3 rings (SSSR count). The maximum Gasteiger partial charge on any atom is 0.336 e. The fraction of sp³-hybridized carbons (Fsp3) is 0.200. The normalized spacial score (nSPS) is 11.9. The fourth-order valence-electron chi connectivity index (χ4n) is 2.90. The highest BCUT2D eigenvalue weighted by molar-refractivity contribution is 5.92. The molecule has 0 fully saturated rings. The summed E-state index contributed by atoms with van der Waals surface area (Å²) in [4.78, 5) is 25.6. The van der Waals surface area contributed by atoms with Gasteiger partial charge in [-0.25, -0.2) is 9.59 Å². The fourth-order valence-corrected chi connectivity index (χ4v) is 2.90. The molecular weight excluding hydrogens is 332 g/mol. The Labute approximate surface area is 150 Å². The summed E-state index contributed by atoms with van der Waals surface area (Å²) in [6.07, 6.45) is 0. The van der Waals surface area contributed by atoms with Crippen molar-refractivity contribution in [2.24, 2.45) is 0 Å². The second-order valence-corrected chi connectivity index (χ2v) is 5.99. The molecule has 0 saturated carbocycles. The molecule has 0 aliphatic carbocycles. The van der Waals surface area contributed by atoms with E-state index in [0.717, 1.165) is 10.9 Å². The number of carbonyl (C=O) groups excluding carboxylic acids is 1. The van der Waals surface area contributed by atoms with E-state index in [9.17, 15) is 14.7 Å². The summed E-state index contributed by atoms with van der Waals surface area (Å²) in [6.45, 7) is 4.31. The minimum Gasteiger partial charge on any atom is -0.508 e. The lowest BCUT2D eigenvalue weighted by Gasteiger charge is -2.28. The predicted octanol–water partition coefficient (Wildman–Crippen LogP) is 4.11. The third-order valence-corrected chi connectivity index (χ3v) is 4.29. The largest absolute Gasteiger partial charge is 0.508 e. The van der Waals surface area contributed by atoms with Crippen molar-refractivity contribution in [1.29, 1.82) is 0 Å². The molecule has 0 radical (unpaired) electrons. The van der Waals surface area contributed by atoms with Gasteiger partial charge in [0.15, 0.2) is 0 Å². The third-order valence-electron chi connectivity index (χ3n) is 4.29. The van der Waals surface area contributed by atoms with Crippen LogP contribution < -0.4 is 10.9 Å². The van der Waals surface area contributed by atoms with Gasteiger partial charge in [-0.1, -0.05) is 12.1 Å². The number of nitrogens with zero attached hydrogens (tertiary/aromatic N) is 1. The molecule has 1 atom stereocenters. The number of carbonyl (C=O) groups is 1. The van der Waals surface area contributed by atoms with E-state index in [4.69, 9.17) is 4.42 Å². The first-order valence-corrected chi connectivity index (χ1v) is 8.38. The van der Waals surface area contributed by atoms with Gasteiger partial charge in [-0.3, -0.25) is 0 Å². The van der Waals surface area contributed by atoms with Gasteiger partial charge >= 0.3 is 11.7 Å². The van der Waals surface area contributed by atoms with Crippen LogP contribution in [0.25, 0.3) is 11.0 Å². The molecular formula is C20H20N2O4. The van der Waals surface area contributed by atoms with Crippen molar-refractivity contribution in [1.82, 2.24) is 4.90 Å². The molecule has 0 unspecified atom stereocenters. The molecule has 2 N–H and O–H groups in total. The van der Waals surface area contributed by atoms with Crippen molar-refractivity contribution in [3.05, 3.63) is 70.6 Å². The average Bonchev–Trinajstić information content (AvgIpc) is 2.62. The number of aromatic hydroxyl groups is 1. The molecule has 3 aromatic rings. The summed E-state index contributed by atoms with van der Waals surface area (Å²) in [7, 11) is 0. The van der Waals surface area contributed by atoms with E-state index in [0.29, 0.717) is 17.8 Å². The highest BCUT2D eigenvalue weighted by Crippen LogP contribution is 2.25. The summed E-state index contributed by atoms with van der Waals surface area (Å²) >= 11 is 0. The van der Waals surface area contributed by atoms with Crippen LogP contribution in [0.3, 0.4) is 0 Å². The standard InChI is InChI=1S/C20H20N2O4/c1-3-22(13(2)14-5-4-6-17(23)12-14)20(25)21-16-8-9-18-15(11-16)7-10-19(24)26-18/h4-13,23H,3H2,1-2H3,(H,21,25)/t13-/m0/s1. The van der Waals surface area contributed by atoms with Crippen molar-refractivity contribution < 1.29 is 14.3 Å². The number of amides is 2. The van der Waals surface area contributed by atoms with E-state index >= 15 is 0 Å². The van der Waals surface area contributed by atoms with Gasteiger partial charge < -0.3 is 19.7 Å². The molecule has 0 aliphatic heterocycles. The van der Waals surface area contributed by atoms with Gasteiger partial charge in [-0.05, 0) is 55.8 Å². The zero-order chi connectivity index (χ0) is 18.7. The van der Waals surface area contributed by atoms with Crippen LogP contribution in [-0.2, 0) is 0 Å². The van der Waals surface area contributed by atoms with Crippen molar-refractivity contribution in [2.45, 2.75) is 19.9 Å². The Morgan fingerprint density at radius 1 is 1.19 bits per heavy atom. The first kappa shape index (κ1) is 17.5. The number of hydrogen-bond acceptors (Lipinski definition) is 4. The molecule has 134 valence electrons. The molecule has 6 nitrogen and oxygen atoms in total. The molecule has 0 spiro atoms. The molecule has 6 heteroatoms. The molecule has 26 heavy (non-hydrogen) atoms. The van der Waals surface area contributed by atoms with E-state index in [1.54, 1.807) is 47.4 Å². The Bertz CT molecular complexity index is 996. The maximum absolute atomic E-state index is 12.7. The number of rotatable bonds is 4. The van der Waals surface area contributed by atoms with E-state index in [1.807, 2.05) is 19.9 Å². The minimum absolute atomic E-state index is 0.168. The number of benzene rings is 2. The zero-order valence-corrected chi connectivity index (χ0v) is 14.6. The van der Waals surface area contributed by atoms with Crippen LogP contribution in [-0.4, -0.2) is 22.6 Å². The maximum atomic E-state index is 12.7. The van der Waals surface area contributed by atoms with Gasteiger partial charge in [0, 0.05) is 23.7 Å². The zero-order valence-electron chi connectivity index (χ0n) is 14.6. The monoisotopic (exact) mass is 352 g/mol. The summed E-state index contributed by atoms with van der Waals surface area (Å²) in [6, 6.07) is 14.5. The third kappa shape index (κ3) is 3.69. The van der Waals surface area contributed by atoms with Gasteiger partial charge in [-0.2, -0.15) is 0 Å². The SMILES string of the molecule is CCN(C(=O)Nc1ccc2oc(=O)ccc2c1)[C@@H](C)c1cccc(O)c1. The molecule has 1 aromatic heterocycles. The predicted molar refractivity (Wildman–Crippen MR) is 100 cm³/mol. The van der Waals surface area contributed by atoms with Gasteiger partial charge in [0.2, 0.25) is 0 Å². The Morgan fingerprint density at radius 2 is 2.00 bits per heavy atom. The lowest BCUT2D eigenvalue weighted by molar-refractivity contribution is 0.197. The smallest absolute Gasteiger partial charge is 0.336 e. The highest BCUT2D eigenvalue weighted by Gasteiger charge is 2.20. The van der Waals surface area contributed by atoms with Crippen LogP contribution in [0.5, 0.6) is 5.75 Å². The molecule has 2 amide bonds. The number of nitrogens with one attached hydrogen (secondary N) is 1. The van der Waals surface area contributed by atoms with Gasteiger partial charge in [0.1, 0.15) is 11.3 Å². The van der Waals surface area contributed by atoms with Crippen molar-refractivity contribution in [3.63, 3.8) is 0 Å². The Hall–Kier alpha value is -3.28. The summed E-state index contributed by atoms with van der Waals surface area (Å²) in [5.74, 6) is 0.168. The first-order valence-electron chi connectivity index (χ1n) is 8.38. The summed E-state index contributed by atoms with van der Waals surface area (Å²) < 4.78 is 5.10. The molecule has 2 aromatic carbocycles. The number of phenolic OH excluding ortho intramolecular Hbond substituents is 1. The summed E-state index contributed by atoms with van der Waals surface area (Å²) in [5.41, 5.74) is 1.52. The Kier molecular flexibility index (Phi) is 4.93. The second-order valence-electron chi connectivity index (χ2n) is 5.99. The highest BCUT2D eigenvalue weighted by atomic mass is 16.4. The molecule has 1 heterocycles. The van der Waals surface area contributed by atoms with E-state index in [-0.39, 0.29) is 17.8 Å². The summed E-state index contributed by atoms with van der Waals surface area (Å²) in [5, 5.41) is 13.3. The van der Waals surface area contributed by atoms with Crippen molar-refractivity contribution >= 4 is 22.7 Å². The number of fused-ring (bicyclic) bond motifs is 1. The quantitative estimate of drug-likeness (QED) is 0.692. The van der Waals surface area contributed by atoms with E-state index in [2.05, 4.69) is 5.32 Å².